The smallest absolute Gasteiger partial charge is 0.330 e. The molecule has 0 radical (unpaired) electrons. The van der Waals surface area contributed by atoms with Crippen LogP contribution in [0.2, 0.25) is 5.02 Å². The van der Waals surface area contributed by atoms with Crippen LogP contribution >= 0.6 is 11.6 Å². The van der Waals surface area contributed by atoms with Gasteiger partial charge in [-0.3, -0.25) is 9.59 Å². The molecule has 0 spiro atoms. The van der Waals surface area contributed by atoms with E-state index in [4.69, 9.17) is 11.6 Å². The van der Waals surface area contributed by atoms with Crippen LogP contribution in [-0.4, -0.2) is 35.9 Å². The summed E-state index contributed by atoms with van der Waals surface area (Å²) in [6.45, 7) is -1.25. The zero-order valence-corrected chi connectivity index (χ0v) is 12.8. The van der Waals surface area contributed by atoms with Gasteiger partial charge in [0.25, 0.3) is 0 Å². The Morgan fingerprint density at radius 2 is 1.78 bits per heavy atom. The maximum absolute atomic E-state index is 12.4. The standard InChI is InChI=1S/C16H13ClF3NO2/c17-15-10(1-2-11-12(15)3-4-13(11)22)9-5-6-21(14(23)7-9)8-16(18,19)20/h1-2,7H,3-6,8H2. The predicted molar refractivity (Wildman–Crippen MR) is 79.3 cm³/mol. The molecule has 3 rings (SSSR count). The predicted octanol–water partition coefficient (Wildman–Crippen LogP) is 3.65. The van der Waals surface area contributed by atoms with Crippen LogP contribution in [0.1, 0.15) is 34.3 Å². The first kappa shape index (κ1) is 16.1. The first-order valence-electron chi connectivity index (χ1n) is 7.17. The van der Waals surface area contributed by atoms with E-state index in [0.717, 1.165) is 10.5 Å². The lowest BCUT2D eigenvalue weighted by molar-refractivity contribution is -0.158. The quantitative estimate of drug-likeness (QED) is 0.822. The number of benzene rings is 1. The van der Waals surface area contributed by atoms with Gasteiger partial charge in [0.15, 0.2) is 5.78 Å². The number of rotatable bonds is 2. The van der Waals surface area contributed by atoms with Crippen LogP contribution in [0, 0.1) is 0 Å². The molecule has 1 aliphatic carbocycles. The van der Waals surface area contributed by atoms with Gasteiger partial charge in [-0.15, -0.1) is 0 Å². The highest BCUT2D eigenvalue weighted by Gasteiger charge is 2.34. The second-order valence-corrected chi connectivity index (χ2v) is 6.05. The Morgan fingerprint density at radius 1 is 1.09 bits per heavy atom. The van der Waals surface area contributed by atoms with E-state index in [1.54, 1.807) is 12.1 Å². The third-order valence-electron chi connectivity index (χ3n) is 4.12. The Bertz CT molecular complexity index is 725. The first-order chi connectivity index (χ1) is 10.8. The second kappa shape index (κ2) is 5.67. The van der Waals surface area contributed by atoms with Gasteiger partial charge in [0.2, 0.25) is 5.91 Å². The molecule has 0 unspecified atom stereocenters. The number of hydrogen-bond donors (Lipinski definition) is 0. The number of ketones is 1. The Labute approximate surface area is 135 Å². The molecule has 0 bridgehead atoms. The lowest BCUT2D eigenvalue weighted by Crippen LogP contribution is -2.40. The molecule has 0 fully saturated rings. The van der Waals surface area contributed by atoms with Crippen molar-refractivity contribution in [2.45, 2.75) is 25.4 Å². The number of fused-ring (bicyclic) bond motifs is 1. The van der Waals surface area contributed by atoms with E-state index >= 15 is 0 Å². The highest BCUT2D eigenvalue weighted by molar-refractivity contribution is 6.34. The average Bonchev–Trinajstić information content (AvgIpc) is 2.83. The molecule has 0 aromatic heterocycles. The van der Waals surface area contributed by atoms with Crippen molar-refractivity contribution < 1.29 is 22.8 Å². The number of halogens is 4. The summed E-state index contributed by atoms with van der Waals surface area (Å²) in [7, 11) is 0. The Balaban J connectivity index is 1.88. The number of carbonyl (C=O) groups is 2. The van der Waals surface area contributed by atoms with E-state index in [1.807, 2.05) is 0 Å². The zero-order chi connectivity index (χ0) is 16.8. The fourth-order valence-electron chi connectivity index (χ4n) is 3.01. The Hall–Kier alpha value is -1.82. The second-order valence-electron chi connectivity index (χ2n) is 5.67. The summed E-state index contributed by atoms with van der Waals surface area (Å²) in [5.74, 6) is -0.630. The molecule has 0 saturated carbocycles. The van der Waals surface area contributed by atoms with Gasteiger partial charge in [0.05, 0.1) is 5.02 Å². The lowest BCUT2D eigenvalue weighted by atomic mass is 9.95. The van der Waals surface area contributed by atoms with E-state index in [2.05, 4.69) is 0 Å². The van der Waals surface area contributed by atoms with Crippen molar-refractivity contribution in [3.63, 3.8) is 0 Å². The molecule has 1 aromatic carbocycles. The molecule has 1 amide bonds. The normalized spacial score (nSPS) is 18.3. The molecule has 3 nitrogen and oxygen atoms in total. The van der Waals surface area contributed by atoms with E-state index in [0.29, 0.717) is 41.0 Å². The number of nitrogens with zero attached hydrogens (tertiary/aromatic N) is 1. The molecule has 23 heavy (non-hydrogen) atoms. The van der Waals surface area contributed by atoms with Crippen molar-refractivity contribution in [3.05, 3.63) is 39.9 Å². The highest BCUT2D eigenvalue weighted by atomic mass is 35.5. The molecule has 0 saturated heterocycles. The summed E-state index contributed by atoms with van der Waals surface area (Å²) in [4.78, 5) is 24.4. The van der Waals surface area contributed by atoms with Crippen LogP contribution in [-0.2, 0) is 11.2 Å². The summed E-state index contributed by atoms with van der Waals surface area (Å²) in [5.41, 5.74) is 2.60. The van der Waals surface area contributed by atoms with Gasteiger partial charge in [-0.25, -0.2) is 0 Å². The number of hydrogen-bond acceptors (Lipinski definition) is 2. The molecule has 0 atom stereocenters. The molecule has 1 aromatic rings. The summed E-state index contributed by atoms with van der Waals surface area (Å²) in [6.07, 6.45) is -1.93. The van der Waals surface area contributed by atoms with Gasteiger partial charge in [0.1, 0.15) is 6.54 Å². The minimum Gasteiger partial charge on any atom is -0.330 e. The zero-order valence-electron chi connectivity index (χ0n) is 12.0. The van der Waals surface area contributed by atoms with Crippen LogP contribution < -0.4 is 0 Å². The van der Waals surface area contributed by atoms with Gasteiger partial charge in [0, 0.05) is 24.6 Å². The molecule has 1 aliphatic heterocycles. The monoisotopic (exact) mass is 343 g/mol. The van der Waals surface area contributed by atoms with Crippen LogP contribution in [0.25, 0.3) is 5.57 Å². The Kier molecular flexibility index (Phi) is 3.96. The highest BCUT2D eigenvalue weighted by Crippen LogP contribution is 2.37. The van der Waals surface area contributed by atoms with E-state index in [-0.39, 0.29) is 12.3 Å². The largest absolute Gasteiger partial charge is 0.406 e. The molecule has 122 valence electrons. The maximum atomic E-state index is 12.4. The fourth-order valence-corrected chi connectivity index (χ4v) is 3.39. The summed E-state index contributed by atoms with van der Waals surface area (Å²) in [6, 6.07) is 3.35. The Morgan fingerprint density at radius 3 is 2.43 bits per heavy atom. The topological polar surface area (TPSA) is 37.4 Å². The van der Waals surface area contributed by atoms with Gasteiger partial charge >= 0.3 is 6.18 Å². The van der Waals surface area contributed by atoms with Crippen LogP contribution in [0.4, 0.5) is 13.2 Å². The summed E-state index contributed by atoms with van der Waals surface area (Å²) < 4.78 is 37.3. The maximum Gasteiger partial charge on any atom is 0.406 e. The summed E-state index contributed by atoms with van der Waals surface area (Å²) in [5, 5.41) is 0.427. The van der Waals surface area contributed by atoms with E-state index < -0.39 is 18.6 Å². The van der Waals surface area contributed by atoms with Gasteiger partial charge in [-0.1, -0.05) is 23.7 Å². The minimum atomic E-state index is -4.41. The molecular formula is C16H13ClF3NO2. The summed E-state index contributed by atoms with van der Waals surface area (Å²) >= 11 is 6.35. The van der Waals surface area contributed by atoms with Gasteiger partial charge in [-0.05, 0) is 29.5 Å². The van der Waals surface area contributed by atoms with Crippen molar-refractivity contribution in [1.29, 1.82) is 0 Å². The number of Topliss-reactive ketones (excluding diaryl/α,β-unsaturated/α-hetero) is 1. The van der Waals surface area contributed by atoms with Gasteiger partial charge in [-0.2, -0.15) is 13.2 Å². The van der Waals surface area contributed by atoms with Crippen molar-refractivity contribution in [2.75, 3.05) is 13.1 Å². The van der Waals surface area contributed by atoms with Crippen LogP contribution in [0.5, 0.6) is 0 Å². The van der Waals surface area contributed by atoms with E-state index in [9.17, 15) is 22.8 Å². The number of amides is 1. The van der Waals surface area contributed by atoms with Crippen molar-refractivity contribution in [2.24, 2.45) is 0 Å². The third-order valence-corrected chi connectivity index (χ3v) is 4.55. The van der Waals surface area contributed by atoms with Crippen molar-refractivity contribution in [1.82, 2.24) is 4.90 Å². The third kappa shape index (κ3) is 3.13. The van der Waals surface area contributed by atoms with Gasteiger partial charge < -0.3 is 4.90 Å². The number of carbonyl (C=O) groups excluding carboxylic acids is 2. The molecule has 7 heteroatoms. The molecular weight excluding hydrogens is 331 g/mol. The molecule has 0 N–H and O–H groups in total. The lowest BCUT2D eigenvalue weighted by Gasteiger charge is -2.27. The molecule has 1 heterocycles. The van der Waals surface area contributed by atoms with Crippen LogP contribution in [0.15, 0.2) is 18.2 Å². The fraction of sp³-hybridized carbons (Fsp3) is 0.375. The first-order valence-corrected chi connectivity index (χ1v) is 7.55. The van der Waals surface area contributed by atoms with Crippen LogP contribution in [0.3, 0.4) is 0 Å². The molecule has 2 aliphatic rings. The number of alkyl halides is 3. The van der Waals surface area contributed by atoms with Crippen molar-refractivity contribution >= 4 is 28.9 Å². The SMILES string of the molecule is O=C1CCc2c1ccc(C1=CC(=O)N(CC(F)(F)F)CC1)c2Cl. The minimum absolute atomic E-state index is 0.00345. The average molecular weight is 344 g/mol. The van der Waals surface area contributed by atoms with Crippen molar-refractivity contribution in [3.8, 4) is 0 Å². The van der Waals surface area contributed by atoms with E-state index in [1.165, 1.54) is 6.08 Å².